The molecule has 1 aromatic heterocycles. The SMILES string of the molecule is Nc1cnc(OC(F)(F)F)cc1CCl. The predicted octanol–water partition coefficient (Wildman–Crippen LogP) is 2.30. The van der Waals surface area contributed by atoms with Gasteiger partial charge in [-0.15, -0.1) is 24.8 Å². The van der Waals surface area contributed by atoms with E-state index >= 15 is 0 Å². The second kappa shape index (κ2) is 3.91. The van der Waals surface area contributed by atoms with Gasteiger partial charge in [-0.3, -0.25) is 0 Å². The van der Waals surface area contributed by atoms with Crippen LogP contribution in [0.25, 0.3) is 0 Å². The lowest BCUT2D eigenvalue weighted by molar-refractivity contribution is -0.276. The summed E-state index contributed by atoms with van der Waals surface area (Å²) in [7, 11) is 0. The topological polar surface area (TPSA) is 48.1 Å². The van der Waals surface area contributed by atoms with Crippen molar-refractivity contribution in [3.8, 4) is 5.88 Å². The van der Waals surface area contributed by atoms with Gasteiger partial charge < -0.3 is 10.5 Å². The third-order valence-corrected chi connectivity index (χ3v) is 1.65. The van der Waals surface area contributed by atoms with Crippen LogP contribution in [0.5, 0.6) is 5.88 Å². The fraction of sp³-hybridized carbons (Fsp3) is 0.286. The Kier molecular flexibility index (Phi) is 3.05. The first-order valence-electron chi connectivity index (χ1n) is 3.48. The summed E-state index contributed by atoms with van der Waals surface area (Å²) in [4.78, 5) is 3.35. The van der Waals surface area contributed by atoms with Crippen LogP contribution in [0.4, 0.5) is 18.9 Å². The van der Waals surface area contributed by atoms with Gasteiger partial charge in [0.1, 0.15) is 0 Å². The molecule has 1 rings (SSSR count). The molecule has 0 fully saturated rings. The van der Waals surface area contributed by atoms with Crippen LogP contribution in [0.2, 0.25) is 0 Å². The van der Waals surface area contributed by atoms with Crippen LogP contribution in [0, 0.1) is 0 Å². The lowest BCUT2D eigenvalue weighted by Gasteiger charge is -2.09. The van der Waals surface area contributed by atoms with Gasteiger partial charge in [-0.05, 0) is 5.56 Å². The molecule has 0 aliphatic rings. The third-order valence-electron chi connectivity index (χ3n) is 1.36. The fourth-order valence-electron chi connectivity index (χ4n) is 0.776. The number of halogens is 4. The monoisotopic (exact) mass is 226 g/mol. The van der Waals surface area contributed by atoms with E-state index in [1.165, 1.54) is 0 Å². The molecule has 0 amide bonds. The molecule has 0 saturated heterocycles. The van der Waals surface area contributed by atoms with Crippen LogP contribution < -0.4 is 10.5 Å². The Morgan fingerprint density at radius 3 is 2.64 bits per heavy atom. The highest BCUT2D eigenvalue weighted by atomic mass is 35.5. The van der Waals surface area contributed by atoms with Crippen molar-refractivity contribution in [1.82, 2.24) is 4.98 Å². The summed E-state index contributed by atoms with van der Waals surface area (Å²) in [5.41, 5.74) is 5.96. The van der Waals surface area contributed by atoms with Crippen molar-refractivity contribution in [2.45, 2.75) is 12.2 Å². The van der Waals surface area contributed by atoms with Gasteiger partial charge in [-0.1, -0.05) is 0 Å². The van der Waals surface area contributed by atoms with Gasteiger partial charge in [0.05, 0.1) is 11.9 Å². The Morgan fingerprint density at radius 1 is 1.50 bits per heavy atom. The number of anilines is 1. The zero-order valence-electron chi connectivity index (χ0n) is 6.81. The first-order chi connectivity index (χ1) is 6.42. The first kappa shape index (κ1) is 10.9. The molecular weight excluding hydrogens is 221 g/mol. The van der Waals surface area contributed by atoms with Gasteiger partial charge in [0.2, 0.25) is 5.88 Å². The average molecular weight is 227 g/mol. The Balaban J connectivity index is 2.90. The van der Waals surface area contributed by atoms with E-state index in [4.69, 9.17) is 17.3 Å². The van der Waals surface area contributed by atoms with Crippen LogP contribution in [-0.4, -0.2) is 11.3 Å². The van der Waals surface area contributed by atoms with E-state index in [1.807, 2.05) is 0 Å². The highest BCUT2D eigenvalue weighted by Crippen LogP contribution is 2.24. The molecule has 0 spiro atoms. The van der Waals surface area contributed by atoms with Gasteiger partial charge in [0, 0.05) is 11.9 Å². The largest absolute Gasteiger partial charge is 0.574 e. The number of nitrogens with zero attached hydrogens (tertiary/aromatic N) is 1. The van der Waals surface area contributed by atoms with E-state index in [2.05, 4.69) is 9.72 Å². The number of hydrogen-bond donors (Lipinski definition) is 1. The van der Waals surface area contributed by atoms with Crippen molar-refractivity contribution in [2.75, 3.05) is 5.73 Å². The quantitative estimate of drug-likeness (QED) is 0.787. The number of hydrogen-bond acceptors (Lipinski definition) is 3. The van der Waals surface area contributed by atoms with E-state index in [-0.39, 0.29) is 11.6 Å². The Bertz CT molecular complexity index is 329. The molecule has 0 saturated carbocycles. The average Bonchev–Trinajstić information content (AvgIpc) is 2.06. The maximum Gasteiger partial charge on any atom is 0.574 e. The second-order valence-corrected chi connectivity index (χ2v) is 2.67. The van der Waals surface area contributed by atoms with E-state index in [1.54, 1.807) is 0 Å². The molecule has 78 valence electrons. The molecule has 7 heteroatoms. The molecule has 0 aliphatic carbocycles. The van der Waals surface area contributed by atoms with Crippen LogP contribution in [0.1, 0.15) is 5.56 Å². The smallest absolute Gasteiger partial charge is 0.397 e. The zero-order chi connectivity index (χ0) is 10.8. The minimum atomic E-state index is -4.76. The van der Waals surface area contributed by atoms with Gasteiger partial charge >= 0.3 is 6.36 Å². The van der Waals surface area contributed by atoms with E-state index < -0.39 is 12.2 Å². The number of nitrogens with two attached hydrogens (primary N) is 1. The second-order valence-electron chi connectivity index (χ2n) is 2.40. The highest BCUT2D eigenvalue weighted by Gasteiger charge is 2.31. The van der Waals surface area contributed by atoms with Crippen LogP contribution in [0.3, 0.4) is 0 Å². The van der Waals surface area contributed by atoms with Crippen molar-refractivity contribution in [1.29, 1.82) is 0 Å². The molecule has 3 nitrogen and oxygen atoms in total. The lowest BCUT2D eigenvalue weighted by atomic mass is 10.2. The lowest BCUT2D eigenvalue weighted by Crippen LogP contribution is -2.18. The van der Waals surface area contributed by atoms with Crippen LogP contribution >= 0.6 is 11.6 Å². The number of rotatable bonds is 2. The molecule has 0 atom stereocenters. The standard InChI is InChI=1S/C7H6ClF3N2O/c8-2-4-1-6(13-3-5(4)12)14-7(9,10)11/h1,3H,2,12H2. The summed E-state index contributed by atoms with van der Waals surface area (Å²) in [6.07, 6.45) is -3.69. The molecule has 2 N–H and O–H groups in total. The number of alkyl halides is 4. The summed E-state index contributed by atoms with van der Waals surface area (Å²) in [5, 5.41) is 0. The highest BCUT2D eigenvalue weighted by molar-refractivity contribution is 6.17. The summed E-state index contributed by atoms with van der Waals surface area (Å²) in [6.45, 7) is 0. The molecule has 0 aliphatic heterocycles. The minimum absolute atomic E-state index is 0.00255. The predicted molar refractivity (Wildman–Crippen MR) is 44.9 cm³/mol. The third kappa shape index (κ3) is 2.95. The summed E-state index contributed by atoms with van der Waals surface area (Å²) < 4.78 is 38.8. The maximum atomic E-state index is 11.8. The Hall–Kier alpha value is -1.17. The summed E-state index contributed by atoms with van der Waals surface area (Å²) in [5.74, 6) is -0.565. The molecule has 0 radical (unpaired) electrons. The van der Waals surface area contributed by atoms with Crippen LogP contribution in [0.15, 0.2) is 12.3 Å². The van der Waals surface area contributed by atoms with Crippen molar-refractivity contribution >= 4 is 17.3 Å². The van der Waals surface area contributed by atoms with Gasteiger partial charge in [0.25, 0.3) is 0 Å². The summed E-state index contributed by atoms with van der Waals surface area (Å²) in [6, 6.07) is 1.05. The number of nitrogen functional groups attached to an aromatic ring is 1. The molecule has 0 aromatic carbocycles. The van der Waals surface area contributed by atoms with Crippen molar-refractivity contribution < 1.29 is 17.9 Å². The number of pyridine rings is 1. The van der Waals surface area contributed by atoms with Gasteiger partial charge in [0.15, 0.2) is 0 Å². The van der Waals surface area contributed by atoms with Gasteiger partial charge in [-0.2, -0.15) is 0 Å². The molecule has 0 unspecified atom stereocenters. The Labute approximate surface area is 82.6 Å². The minimum Gasteiger partial charge on any atom is -0.397 e. The summed E-state index contributed by atoms with van der Waals surface area (Å²) >= 11 is 5.43. The van der Waals surface area contributed by atoms with Crippen molar-refractivity contribution in [2.24, 2.45) is 0 Å². The zero-order valence-corrected chi connectivity index (χ0v) is 7.56. The molecular formula is C7H6ClF3N2O. The molecule has 0 bridgehead atoms. The van der Waals surface area contributed by atoms with E-state index in [0.717, 1.165) is 12.3 Å². The van der Waals surface area contributed by atoms with Crippen molar-refractivity contribution in [3.05, 3.63) is 17.8 Å². The number of ether oxygens (including phenoxy) is 1. The van der Waals surface area contributed by atoms with E-state index in [0.29, 0.717) is 5.56 Å². The Morgan fingerprint density at radius 2 is 2.14 bits per heavy atom. The van der Waals surface area contributed by atoms with Crippen molar-refractivity contribution in [3.63, 3.8) is 0 Å². The van der Waals surface area contributed by atoms with Crippen LogP contribution in [-0.2, 0) is 5.88 Å². The molecule has 1 heterocycles. The number of aromatic nitrogens is 1. The van der Waals surface area contributed by atoms with Gasteiger partial charge in [-0.25, -0.2) is 4.98 Å². The molecule has 1 aromatic rings. The fourth-order valence-corrected chi connectivity index (χ4v) is 1.01. The molecule has 14 heavy (non-hydrogen) atoms. The normalized spacial score (nSPS) is 11.4. The maximum absolute atomic E-state index is 11.8. The van der Waals surface area contributed by atoms with E-state index in [9.17, 15) is 13.2 Å². The first-order valence-corrected chi connectivity index (χ1v) is 4.02.